The molecule has 0 spiro atoms. The van der Waals surface area contributed by atoms with Crippen molar-refractivity contribution in [2.75, 3.05) is 45.8 Å². The molecule has 0 saturated carbocycles. The summed E-state index contributed by atoms with van der Waals surface area (Å²) in [5.74, 6) is 1.74. The van der Waals surface area contributed by atoms with E-state index in [0.29, 0.717) is 6.54 Å². The van der Waals surface area contributed by atoms with Crippen molar-refractivity contribution in [1.82, 2.24) is 15.1 Å². The Balaban J connectivity index is 1.89. The second-order valence-corrected chi connectivity index (χ2v) is 7.56. The first kappa shape index (κ1) is 19.5. The molecule has 2 saturated heterocycles. The summed E-state index contributed by atoms with van der Waals surface area (Å²) in [6.45, 7) is 13.5. The van der Waals surface area contributed by atoms with Gasteiger partial charge in [-0.1, -0.05) is 20.3 Å². The van der Waals surface area contributed by atoms with Gasteiger partial charge in [0.05, 0.1) is 12.1 Å². The zero-order valence-electron chi connectivity index (χ0n) is 16.1. The molecular weight excluding hydrogens is 300 g/mol. The Morgan fingerprint density at radius 3 is 2.46 bits per heavy atom. The third-order valence-corrected chi connectivity index (χ3v) is 5.72. The normalized spacial score (nSPS) is 23.8. The number of likely N-dealkylation sites (tertiary alicyclic amines) is 2. The fourth-order valence-electron chi connectivity index (χ4n) is 3.80. The first-order valence-electron chi connectivity index (χ1n) is 10.1. The van der Waals surface area contributed by atoms with E-state index < -0.39 is 5.60 Å². The Kier molecular flexibility index (Phi) is 7.82. The van der Waals surface area contributed by atoms with Crippen LogP contribution in [0.4, 0.5) is 0 Å². The van der Waals surface area contributed by atoms with Gasteiger partial charge in [-0.25, -0.2) is 0 Å². The van der Waals surface area contributed by atoms with Crippen molar-refractivity contribution >= 4 is 5.96 Å². The minimum Gasteiger partial charge on any atom is -0.388 e. The molecule has 2 aliphatic rings. The maximum Gasteiger partial charge on any atom is 0.194 e. The zero-order chi connectivity index (χ0) is 17.4. The van der Waals surface area contributed by atoms with Crippen LogP contribution in [-0.2, 0) is 0 Å². The molecule has 0 radical (unpaired) electrons. The summed E-state index contributed by atoms with van der Waals surface area (Å²) in [6, 6.07) is 0. The number of hydrogen-bond donors (Lipinski definition) is 2. The average Bonchev–Trinajstić information content (AvgIpc) is 3.07. The van der Waals surface area contributed by atoms with Gasteiger partial charge in [-0.2, -0.15) is 0 Å². The fourth-order valence-corrected chi connectivity index (χ4v) is 3.80. The van der Waals surface area contributed by atoms with Gasteiger partial charge in [0.25, 0.3) is 0 Å². The quantitative estimate of drug-likeness (QED) is 0.552. The maximum atomic E-state index is 10.5. The molecule has 1 unspecified atom stereocenters. The number of nitrogens with zero attached hydrogens (tertiary/aromatic N) is 3. The first-order chi connectivity index (χ1) is 11.6. The fraction of sp³-hybridized carbons (Fsp3) is 0.947. The molecule has 5 heteroatoms. The SMILES string of the molecule is CCNC(=NCC(O)(CC)CC)N1CCC(CN2CCCCC2)C1. The summed E-state index contributed by atoms with van der Waals surface area (Å²) in [5, 5.41) is 13.9. The van der Waals surface area contributed by atoms with Crippen molar-refractivity contribution in [2.24, 2.45) is 10.9 Å². The van der Waals surface area contributed by atoms with Crippen LogP contribution in [0.2, 0.25) is 0 Å². The highest BCUT2D eigenvalue weighted by Gasteiger charge is 2.28. The largest absolute Gasteiger partial charge is 0.388 e. The van der Waals surface area contributed by atoms with Gasteiger partial charge in [0.15, 0.2) is 5.96 Å². The number of piperidine rings is 1. The van der Waals surface area contributed by atoms with E-state index >= 15 is 0 Å². The van der Waals surface area contributed by atoms with Crippen LogP contribution < -0.4 is 5.32 Å². The molecule has 1 atom stereocenters. The zero-order valence-corrected chi connectivity index (χ0v) is 16.1. The predicted octanol–water partition coefficient (Wildman–Crippen LogP) is 2.31. The highest BCUT2D eigenvalue weighted by atomic mass is 16.3. The monoisotopic (exact) mass is 338 g/mol. The molecule has 2 heterocycles. The average molecular weight is 339 g/mol. The molecule has 0 aliphatic carbocycles. The molecule has 0 aromatic carbocycles. The lowest BCUT2D eigenvalue weighted by atomic mass is 9.98. The standard InChI is InChI=1S/C19H38N4O/c1-4-19(24,5-2)16-21-18(20-6-3)23-13-10-17(15-23)14-22-11-8-7-9-12-22/h17,24H,4-16H2,1-3H3,(H,20,21). The van der Waals surface area contributed by atoms with Crippen LogP contribution in [0.3, 0.4) is 0 Å². The second kappa shape index (κ2) is 9.62. The van der Waals surface area contributed by atoms with E-state index in [1.807, 2.05) is 13.8 Å². The van der Waals surface area contributed by atoms with Gasteiger partial charge in [-0.3, -0.25) is 4.99 Å². The molecular formula is C19H38N4O. The lowest BCUT2D eigenvalue weighted by Gasteiger charge is -2.29. The van der Waals surface area contributed by atoms with E-state index in [1.54, 1.807) is 0 Å². The summed E-state index contributed by atoms with van der Waals surface area (Å²) >= 11 is 0. The van der Waals surface area contributed by atoms with Crippen LogP contribution in [0.15, 0.2) is 4.99 Å². The van der Waals surface area contributed by atoms with E-state index in [0.717, 1.165) is 44.4 Å². The van der Waals surface area contributed by atoms with Crippen LogP contribution >= 0.6 is 0 Å². The van der Waals surface area contributed by atoms with E-state index in [9.17, 15) is 5.11 Å². The van der Waals surface area contributed by atoms with E-state index in [-0.39, 0.29) is 0 Å². The topological polar surface area (TPSA) is 51.1 Å². The second-order valence-electron chi connectivity index (χ2n) is 7.56. The number of aliphatic hydroxyl groups is 1. The Hall–Kier alpha value is -0.810. The van der Waals surface area contributed by atoms with Crippen molar-refractivity contribution in [3.63, 3.8) is 0 Å². The van der Waals surface area contributed by atoms with Gasteiger partial charge in [0, 0.05) is 26.2 Å². The minimum atomic E-state index is -0.659. The third kappa shape index (κ3) is 5.62. The minimum absolute atomic E-state index is 0.496. The Labute approximate surface area is 148 Å². The van der Waals surface area contributed by atoms with Crippen LogP contribution in [-0.4, -0.2) is 72.3 Å². The summed E-state index contributed by atoms with van der Waals surface area (Å²) in [5.41, 5.74) is -0.659. The molecule has 0 aromatic rings. The van der Waals surface area contributed by atoms with E-state index in [1.165, 1.54) is 45.3 Å². The summed E-state index contributed by atoms with van der Waals surface area (Å²) < 4.78 is 0. The molecule has 2 fully saturated rings. The summed E-state index contributed by atoms with van der Waals surface area (Å²) in [4.78, 5) is 9.80. The molecule has 140 valence electrons. The summed E-state index contributed by atoms with van der Waals surface area (Å²) in [6.07, 6.45) is 6.91. The Morgan fingerprint density at radius 2 is 1.83 bits per heavy atom. The van der Waals surface area contributed by atoms with E-state index in [4.69, 9.17) is 4.99 Å². The maximum absolute atomic E-state index is 10.5. The molecule has 24 heavy (non-hydrogen) atoms. The molecule has 0 aromatic heterocycles. The first-order valence-corrected chi connectivity index (χ1v) is 10.1. The van der Waals surface area contributed by atoms with Gasteiger partial charge < -0.3 is 20.2 Å². The molecule has 5 nitrogen and oxygen atoms in total. The van der Waals surface area contributed by atoms with Crippen molar-refractivity contribution in [2.45, 2.75) is 64.9 Å². The number of aliphatic imine (C=N–C) groups is 1. The van der Waals surface area contributed by atoms with Gasteiger partial charge in [-0.15, -0.1) is 0 Å². The summed E-state index contributed by atoms with van der Waals surface area (Å²) in [7, 11) is 0. The Bertz CT molecular complexity index is 389. The molecule has 2 N–H and O–H groups in total. The van der Waals surface area contributed by atoms with Crippen molar-refractivity contribution in [3.8, 4) is 0 Å². The van der Waals surface area contributed by atoms with Crippen molar-refractivity contribution < 1.29 is 5.11 Å². The lowest BCUT2D eigenvalue weighted by molar-refractivity contribution is 0.0416. The number of hydrogen-bond acceptors (Lipinski definition) is 3. The highest BCUT2D eigenvalue weighted by molar-refractivity contribution is 5.80. The van der Waals surface area contributed by atoms with E-state index in [2.05, 4.69) is 22.0 Å². The molecule has 2 aliphatic heterocycles. The van der Waals surface area contributed by atoms with Gasteiger partial charge in [-0.05, 0) is 58.0 Å². The van der Waals surface area contributed by atoms with Crippen molar-refractivity contribution in [1.29, 1.82) is 0 Å². The number of rotatable bonds is 7. The Morgan fingerprint density at radius 1 is 1.12 bits per heavy atom. The number of nitrogens with one attached hydrogen (secondary N) is 1. The van der Waals surface area contributed by atoms with Crippen LogP contribution in [0.5, 0.6) is 0 Å². The highest BCUT2D eigenvalue weighted by Crippen LogP contribution is 2.21. The third-order valence-electron chi connectivity index (χ3n) is 5.72. The smallest absolute Gasteiger partial charge is 0.194 e. The number of guanidine groups is 1. The van der Waals surface area contributed by atoms with Gasteiger partial charge >= 0.3 is 0 Å². The van der Waals surface area contributed by atoms with Crippen LogP contribution in [0.1, 0.15) is 59.3 Å². The van der Waals surface area contributed by atoms with Gasteiger partial charge in [0.2, 0.25) is 0 Å². The van der Waals surface area contributed by atoms with Crippen LogP contribution in [0.25, 0.3) is 0 Å². The lowest BCUT2D eigenvalue weighted by Crippen LogP contribution is -2.42. The molecule has 0 bridgehead atoms. The van der Waals surface area contributed by atoms with Crippen molar-refractivity contribution in [3.05, 3.63) is 0 Å². The van der Waals surface area contributed by atoms with Crippen LogP contribution in [0, 0.1) is 5.92 Å². The molecule has 0 amide bonds. The van der Waals surface area contributed by atoms with Gasteiger partial charge in [0.1, 0.15) is 0 Å². The molecule has 2 rings (SSSR count). The predicted molar refractivity (Wildman–Crippen MR) is 101 cm³/mol.